The summed E-state index contributed by atoms with van der Waals surface area (Å²) in [6, 6.07) is -3.26. The van der Waals surface area contributed by atoms with Gasteiger partial charge in [0.1, 0.15) is 6.04 Å². The fourth-order valence-corrected chi connectivity index (χ4v) is 2.55. The molecule has 0 aliphatic rings. The van der Waals surface area contributed by atoms with Crippen LogP contribution in [0, 0.1) is 11.8 Å². The van der Waals surface area contributed by atoms with Gasteiger partial charge in [-0.3, -0.25) is 19.4 Å². The second-order valence-electron chi connectivity index (χ2n) is 7.73. The summed E-state index contributed by atoms with van der Waals surface area (Å²) in [5.74, 6) is -2.49. The number of hydrogen-bond acceptors (Lipinski definition) is 7. The van der Waals surface area contributed by atoms with Crippen LogP contribution >= 0.6 is 0 Å². The standard InChI is InChI=1S/C18H36N6O4/c1-9(2)8-12(24-17(28)13(20)14(25)10(3)4)16(27)15(26)11(19)6-5-7-23-18(21)22/h9-14,25H,5-8,19-20H2,1-4H3,(H,24,28)(H4,21,22,23)/t11-,12+,13+,14-/m1/s1. The van der Waals surface area contributed by atoms with E-state index in [1.54, 1.807) is 13.8 Å². The maximum absolute atomic E-state index is 12.6. The molecule has 0 bridgehead atoms. The van der Waals surface area contributed by atoms with Gasteiger partial charge < -0.3 is 33.4 Å². The van der Waals surface area contributed by atoms with E-state index in [9.17, 15) is 19.5 Å². The summed E-state index contributed by atoms with van der Waals surface area (Å²) in [5, 5.41) is 12.5. The van der Waals surface area contributed by atoms with E-state index >= 15 is 0 Å². The first-order valence-corrected chi connectivity index (χ1v) is 9.51. The van der Waals surface area contributed by atoms with Crippen LogP contribution in [-0.2, 0) is 14.4 Å². The van der Waals surface area contributed by atoms with Crippen LogP contribution in [0.5, 0.6) is 0 Å². The monoisotopic (exact) mass is 400 g/mol. The Kier molecular flexibility index (Phi) is 11.5. The number of carbonyl (C=O) groups excluding carboxylic acids is 3. The van der Waals surface area contributed by atoms with E-state index in [-0.39, 0.29) is 30.6 Å². The number of nitrogens with one attached hydrogen (secondary N) is 1. The highest BCUT2D eigenvalue weighted by molar-refractivity contribution is 6.41. The topological polar surface area (TPSA) is 200 Å². The lowest BCUT2D eigenvalue weighted by Crippen LogP contribution is -2.56. The van der Waals surface area contributed by atoms with Crippen molar-refractivity contribution in [3.8, 4) is 0 Å². The minimum absolute atomic E-state index is 0.0337. The molecule has 0 aromatic rings. The van der Waals surface area contributed by atoms with Crippen molar-refractivity contribution in [3.05, 3.63) is 0 Å². The van der Waals surface area contributed by atoms with E-state index < -0.39 is 41.7 Å². The number of nitrogens with two attached hydrogens (primary N) is 4. The Morgan fingerprint density at radius 2 is 1.61 bits per heavy atom. The summed E-state index contributed by atoms with van der Waals surface area (Å²) < 4.78 is 0. The Hall–Kier alpha value is -2.04. The molecule has 10 N–H and O–H groups in total. The molecule has 0 aromatic heterocycles. The summed E-state index contributed by atoms with van der Waals surface area (Å²) in [4.78, 5) is 41.1. The summed E-state index contributed by atoms with van der Waals surface area (Å²) in [5.41, 5.74) is 22.0. The molecule has 1 amide bonds. The Bertz CT molecular complexity index is 560. The van der Waals surface area contributed by atoms with Crippen LogP contribution in [0.25, 0.3) is 0 Å². The van der Waals surface area contributed by atoms with E-state index in [1.807, 2.05) is 13.8 Å². The molecule has 0 aliphatic heterocycles. The van der Waals surface area contributed by atoms with Crippen molar-refractivity contribution in [2.24, 2.45) is 39.8 Å². The van der Waals surface area contributed by atoms with Gasteiger partial charge in [0.15, 0.2) is 5.96 Å². The highest BCUT2D eigenvalue weighted by Gasteiger charge is 2.33. The average Bonchev–Trinajstić information content (AvgIpc) is 2.61. The predicted molar refractivity (Wildman–Crippen MR) is 108 cm³/mol. The van der Waals surface area contributed by atoms with Crippen LogP contribution in [0.4, 0.5) is 0 Å². The lowest BCUT2D eigenvalue weighted by Gasteiger charge is -2.25. The third kappa shape index (κ3) is 9.25. The smallest absolute Gasteiger partial charge is 0.240 e. The molecule has 28 heavy (non-hydrogen) atoms. The Labute approximate surface area is 166 Å². The lowest BCUT2D eigenvalue weighted by atomic mass is 9.93. The van der Waals surface area contributed by atoms with Gasteiger partial charge in [-0.15, -0.1) is 0 Å². The molecule has 0 saturated carbocycles. The van der Waals surface area contributed by atoms with Crippen LogP contribution in [0.15, 0.2) is 4.99 Å². The fourth-order valence-electron chi connectivity index (χ4n) is 2.55. The molecule has 0 fully saturated rings. The van der Waals surface area contributed by atoms with Gasteiger partial charge in [-0.2, -0.15) is 0 Å². The number of amides is 1. The molecule has 0 aliphatic carbocycles. The second-order valence-corrected chi connectivity index (χ2v) is 7.73. The normalized spacial score (nSPS) is 15.6. The number of aliphatic hydroxyl groups excluding tert-OH is 1. The van der Waals surface area contributed by atoms with E-state index in [4.69, 9.17) is 22.9 Å². The summed E-state index contributed by atoms with van der Waals surface area (Å²) >= 11 is 0. The SMILES string of the molecule is CC(C)C[C@H](NC(=O)[C@@H](N)[C@H](O)C(C)C)C(=O)C(=O)[C@H](N)CCCN=C(N)N. The highest BCUT2D eigenvalue weighted by atomic mass is 16.3. The summed E-state index contributed by atoms with van der Waals surface area (Å²) in [6.07, 6.45) is -0.148. The zero-order chi connectivity index (χ0) is 22.0. The van der Waals surface area contributed by atoms with Gasteiger partial charge in [0, 0.05) is 6.54 Å². The lowest BCUT2D eigenvalue weighted by molar-refractivity contribution is -0.140. The molecule has 10 nitrogen and oxygen atoms in total. The van der Waals surface area contributed by atoms with Crippen LogP contribution in [0.2, 0.25) is 0 Å². The van der Waals surface area contributed by atoms with Crippen LogP contribution in [0.1, 0.15) is 47.0 Å². The van der Waals surface area contributed by atoms with Gasteiger partial charge in [0.25, 0.3) is 0 Å². The van der Waals surface area contributed by atoms with E-state index in [2.05, 4.69) is 10.3 Å². The summed E-state index contributed by atoms with van der Waals surface area (Å²) in [6.45, 7) is 7.45. The molecule has 4 atom stereocenters. The van der Waals surface area contributed by atoms with Gasteiger partial charge >= 0.3 is 0 Å². The van der Waals surface area contributed by atoms with Crippen LogP contribution in [0.3, 0.4) is 0 Å². The third-order valence-electron chi connectivity index (χ3n) is 4.24. The molecular formula is C18H36N6O4. The number of aliphatic hydroxyl groups is 1. The molecule has 0 spiro atoms. The number of Topliss-reactive ketones (excluding diaryl/α,β-unsaturated/α-hetero) is 2. The van der Waals surface area contributed by atoms with E-state index in [1.165, 1.54) is 0 Å². The van der Waals surface area contributed by atoms with Gasteiger partial charge in [-0.05, 0) is 31.1 Å². The number of rotatable bonds is 13. The second kappa shape index (κ2) is 12.4. The molecule has 162 valence electrons. The Balaban J connectivity index is 5.02. The number of hydrogen-bond donors (Lipinski definition) is 6. The maximum Gasteiger partial charge on any atom is 0.240 e. The zero-order valence-electron chi connectivity index (χ0n) is 17.2. The van der Waals surface area contributed by atoms with Crippen molar-refractivity contribution in [3.63, 3.8) is 0 Å². The summed E-state index contributed by atoms with van der Waals surface area (Å²) in [7, 11) is 0. The van der Waals surface area contributed by atoms with Crippen LogP contribution < -0.4 is 28.3 Å². The molecule has 10 heteroatoms. The number of ketones is 2. The molecular weight excluding hydrogens is 364 g/mol. The Morgan fingerprint density at radius 3 is 2.07 bits per heavy atom. The maximum atomic E-state index is 12.6. The zero-order valence-corrected chi connectivity index (χ0v) is 17.2. The number of guanidine groups is 1. The predicted octanol–water partition coefficient (Wildman–Crippen LogP) is -1.62. The van der Waals surface area contributed by atoms with Crippen molar-refractivity contribution in [1.29, 1.82) is 0 Å². The first-order valence-electron chi connectivity index (χ1n) is 9.51. The van der Waals surface area contributed by atoms with Crippen molar-refractivity contribution >= 4 is 23.4 Å². The number of nitrogens with zero attached hydrogens (tertiary/aromatic N) is 1. The van der Waals surface area contributed by atoms with Gasteiger partial charge in [-0.1, -0.05) is 27.7 Å². The van der Waals surface area contributed by atoms with Gasteiger partial charge in [-0.25, -0.2) is 0 Å². The largest absolute Gasteiger partial charge is 0.391 e. The minimum atomic E-state index is -1.20. The van der Waals surface area contributed by atoms with Crippen molar-refractivity contribution in [1.82, 2.24) is 5.32 Å². The molecule has 0 rings (SSSR count). The first-order chi connectivity index (χ1) is 12.9. The Morgan fingerprint density at radius 1 is 1.04 bits per heavy atom. The highest BCUT2D eigenvalue weighted by Crippen LogP contribution is 2.10. The molecule has 0 saturated heterocycles. The molecule has 0 aromatic carbocycles. The quantitative estimate of drug-likeness (QED) is 0.0916. The molecule has 0 heterocycles. The minimum Gasteiger partial charge on any atom is -0.391 e. The molecule has 0 radical (unpaired) electrons. The van der Waals surface area contributed by atoms with Crippen molar-refractivity contribution in [2.45, 2.75) is 71.2 Å². The van der Waals surface area contributed by atoms with Gasteiger partial charge in [0.2, 0.25) is 17.5 Å². The van der Waals surface area contributed by atoms with E-state index in [0.717, 1.165) is 0 Å². The molecule has 0 unspecified atom stereocenters. The first kappa shape index (κ1) is 26.0. The number of aliphatic imine (C=N–C) groups is 1. The van der Waals surface area contributed by atoms with Crippen LogP contribution in [-0.4, -0.2) is 59.3 Å². The van der Waals surface area contributed by atoms with Crippen molar-refractivity contribution in [2.75, 3.05) is 6.54 Å². The number of carbonyl (C=O) groups is 3. The third-order valence-corrected chi connectivity index (χ3v) is 4.24. The van der Waals surface area contributed by atoms with Gasteiger partial charge in [0.05, 0.1) is 18.2 Å². The van der Waals surface area contributed by atoms with E-state index in [0.29, 0.717) is 13.0 Å². The van der Waals surface area contributed by atoms with Crippen molar-refractivity contribution < 1.29 is 19.5 Å². The average molecular weight is 401 g/mol. The fraction of sp³-hybridized carbons (Fsp3) is 0.778.